The average molecular weight is 1180 g/mol. The fourth-order valence-electron chi connectivity index (χ4n) is 6.03. The van der Waals surface area contributed by atoms with Crippen LogP contribution in [-0.2, 0) is 52.3 Å². The summed E-state index contributed by atoms with van der Waals surface area (Å²) >= 11 is 0. The van der Waals surface area contributed by atoms with E-state index in [9.17, 15) is 47.8 Å². The van der Waals surface area contributed by atoms with Gasteiger partial charge in [-0.15, -0.1) is 5.11 Å². The van der Waals surface area contributed by atoms with Crippen LogP contribution in [0.3, 0.4) is 0 Å². The van der Waals surface area contributed by atoms with Crippen molar-refractivity contribution < 1.29 is 75.3 Å². The van der Waals surface area contributed by atoms with Crippen LogP contribution in [0.2, 0.25) is 0 Å². The van der Waals surface area contributed by atoms with Crippen molar-refractivity contribution in [2.24, 2.45) is 15.3 Å². The number of amides is 2. The van der Waals surface area contributed by atoms with Crippen molar-refractivity contribution in [2.45, 2.75) is 88.2 Å². The normalized spacial score (nSPS) is 17.6. The van der Waals surface area contributed by atoms with Gasteiger partial charge in [0.2, 0.25) is 5.91 Å². The Morgan fingerprint density at radius 1 is 0.973 bits per heavy atom. The summed E-state index contributed by atoms with van der Waals surface area (Å²) in [5.74, 6) is 5.06. The zero-order chi connectivity index (χ0) is 55.5. The summed E-state index contributed by atoms with van der Waals surface area (Å²) in [6.45, 7) is 9.73. The molecule has 0 saturated carbocycles. The van der Waals surface area contributed by atoms with E-state index in [4.69, 9.17) is 34.1 Å². The number of azide groups is 1. The first-order valence-electron chi connectivity index (χ1n) is 22.1. The summed E-state index contributed by atoms with van der Waals surface area (Å²) in [6, 6.07) is 11.3. The van der Waals surface area contributed by atoms with Gasteiger partial charge in [-0.2, -0.15) is 13.7 Å². The number of hydrogen-bond acceptors (Lipinski definition) is 21. The number of carbonyl (C=O) groups excluding carboxylic acids is 2. The fraction of sp³-hybridized carbons (Fsp3) is 0.512. The molecular formula is C41H56N9O18P3S4. The van der Waals surface area contributed by atoms with Crippen LogP contribution in [-0.4, -0.2) is 112 Å². The molecule has 4 rings (SSSR count). The van der Waals surface area contributed by atoms with Crippen molar-refractivity contribution in [3.63, 3.8) is 0 Å². The number of aromatic hydroxyl groups is 1. The largest absolute Gasteiger partial charge is 0.506 e. The predicted octanol–water partition coefficient (Wildman–Crippen LogP) is 7.48. The van der Waals surface area contributed by atoms with E-state index in [-0.39, 0.29) is 71.4 Å². The molecule has 0 bridgehead atoms. The highest BCUT2D eigenvalue weighted by Gasteiger charge is 2.44. The summed E-state index contributed by atoms with van der Waals surface area (Å²) in [4.78, 5) is 92.5. The summed E-state index contributed by atoms with van der Waals surface area (Å²) < 4.78 is 65.5. The van der Waals surface area contributed by atoms with Crippen molar-refractivity contribution in [1.82, 2.24) is 20.2 Å². The molecule has 1 aliphatic heterocycles. The number of H-pyrrole nitrogens is 1. The second-order valence-electron chi connectivity index (χ2n) is 17.2. The number of phosphoric acid groups is 3. The first kappa shape index (κ1) is 63.6. The van der Waals surface area contributed by atoms with Crippen LogP contribution in [0.5, 0.6) is 5.75 Å². The number of nitrogens with one attached hydrogen (secondary N) is 3. The number of aromatic nitrogens is 2. The van der Waals surface area contributed by atoms with E-state index in [2.05, 4.69) is 56.3 Å². The monoisotopic (exact) mass is 1180 g/mol. The van der Waals surface area contributed by atoms with Gasteiger partial charge in [0.25, 0.3) is 11.5 Å². The molecule has 2 heterocycles. The Bertz CT molecular complexity index is 2850. The van der Waals surface area contributed by atoms with E-state index in [1.165, 1.54) is 49.2 Å². The molecule has 34 heteroatoms. The summed E-state index contributed by atoms with van der Waals surface area (Å²) in [6.07, 6.45) is -1.05. The molecule has 1 aromatic heterocycles. The lowest BCUT2D eigenvalue weighted by atomic mass is 10.1. The van der Waals surface area contributed by atoms with Gasteiger partial charge in [0.15, 0.2) is 0 Å². The highest BCUT2D eigenvalue weighted by Crippen LogP contribution is 2.66. The van der Waals surface area contributed by atoms with E-state index < -0.39 is 64.5 Å². The zero-order valence-electron chi connectivity index (χ0n) is 40.8. The van der Waals surface area contributed by atoms with Gasteiger partial charge in [0.1, 0.15) is 47.8 Å². The highest BCUT2D eigenvalue weighted by molar-refractivity contribution is 8.77. The van der Waals surface area contributed by atoms with Crippen molar-refractivity contribution in [1.29, 1.82) is 0 Å². The van der Waals surface area contributed by atoms with Crippen molar-refractivity contribution in [2.75, 3.05) is 44.7 Å². The van der Waals surface area contributed by atoms with E-state index in [0.717, 1.165) is 16.3 Å². The molecule has 1 saturated heterocycles. The van der Waals surface area contributed by atoms with Gasteiger partial charge >= 0.3 is 29.2 Å². The van der Waals surface area contributed by atoms with Crippen molar-refractivity contribution >= 4 is 89.8 Å². The average Bonchev–Trinajstić information content (AvgIpc) is 3.71. The molecular weight excluding hydrogens is 1130 g/mol. The summed E-state index contributed by atoms with van der Waals surface area (Å²) in [7, 11) is -11.3. The lowest BCUT2D eigenvalue weighted by molar-refractivity contribution is -0.121. The highest BCUT2D eigenvalue weighted by atomic mass is 33.1. The van der Waals surface area contributed by atoms with Gasteiger partial charge in [0, 0.05) is 58.6 Å². The smallest absolute Gasteiger partial charge is 0.490 e. The maximum absolute atomic E-state index is 13.0. The Labute approximate surface area is 445 Å². The molecule has 5 atom stereocenters. The first-order chi connectivity index (χ1) is 35.1. The first-order valence-corrected chi connectivity index (χ1v) is 31.3. The molecule has 2 aromatic carbocycles. The summed E-state index contributed by atoms with van der Waals surface area (Å²) in [5.41, 5.74) is 8.32. The third-order valence-corrected chi connectivity index (χ3v) is 19.1. The van der Waals surface area contributed by atoms with Gasteiger partial charge in [-0.25, -0.2) is 18.5 Å². The minimum atomic E-state index is -5.79. The maximum Gasteiger partial charge on any atom is 0.490 e. The molecule has 0 radical (unpaired) electrons. The van der Waals surface area contributed by atoms with Gasteiger partial charge in [0.05, 0.1) is 18.4 Å². The molecule has 0 aliphatic carbocycles. The topological polar surface area (TPSA) is 394 Å². The van der Waals surface area contributed by atoms with E-state index >= 15 is 0 Å². The minimum Gasteiger partial charge on any atom is -0.506 e. The maximum atomic E-state index is 13.0. The second-order valence-corrected chi connectivity index (χ2v) is 27.7. The van der Waals surface area contributed by atoms with Gasteiger partial charge < -0.3 is 49.5 Å². The van der Waals surface area contributed by atoms with Gasteiger partial charge in [-0.05, 0) is 74.2 Å². The Morgan fingerprint density at radius 2 is 1.69 bits per heavy atom. The van der Waals surface area contributed by atoms with Gasteiger partial charge in [-0.3, -0.25) is 28.5 Å². The number of azo groups is 1. The van der Waals surface area contributed by atoms with Crippen molar-refractivity contribution in [3.05, 3.63) is 96.6 Å². The standard InChI is InChI=1S/C41H56N9O18P3S4/c1-40(2,3)74-73-26-64-33-21-36(66-34(33)23-65-70(59,60)68-71(61,62)67-69(56,57)58)50-22-29(38(54)46-39(50)55)8-7-19-63-25-72-75-41(4,5)24-44-37(53)28-11-13-30(14-12-28)47-48-31-15-10-27(20-32(31)51)16-18-43-35(52)9-6-17-45-49-42/h10-15,20,22,33-34,36,51H,6,9,16-19,21,23-26H2,1-5H3,(H,43,52)(H,44,53)(H,59,60)(H,61,62)(H,46,54,55)(H2,56,57,58)/b48-47+/t33?,34-,36-/m1/s1. The van der Waals surface area contributed by atoms with E-state index in [0.29, 0.717) is 37.2 Å². The predicted molar refractivity (Wildman–Crippen MR) is 282 cm³/mol. The number of hydrogen-bond donors (Lipinski definition) is 8. The minimum absolute atomic E-state index is 0.0627. The van der Waals surface area contributed by atoms with E-state index in [1.54, 1.807) is 36.4 Å². The fourth-order valence-corrected chi connectivity index (χ4v) is 13.2. The lowest BCUT2D eigenvalue weighted by Gasteiger charge is -2.23. The third-order valence-electron chi connectivity index (χ3n) is 9.31. The molecule has 3 unspecified atom stereocenters. The van der Waals surface area contributed by atoms with Crippen LogP contribution in [0, 0.1) is 11.8 Å². The molecule has 412 valence electrons. The molecule has 27 nitrogen and oxygen atoms in total. The summed E-state index contributed by atoms with van der Waals surface area (Å²) in [5, 5.41) is 27.8. The van der Waals surface area contributed by atoms with E-state index in [1.807, 2.05) is 34.6 Å². The lowest BCUT2D eigenvalue weighted by Crippen LogP contribution is -2.35. The zero-order valence-corrected chi connectivity index (χ0v) is 46.8. The van der Waals surface area contributed by atoms with Crippen LogP contribution < -0.4 is 21.9 Å². The number of nitrogens with zero attached hydrogens (tertiary/aromatic N) is 6. The number of aromatic amines is 1. The number of phenolic OH excluding ortho intramolecular Hbond substituents is 1. The molecule has 1 fully saturated rings. The molecule has 3 aromatic rings. The number of phenols is 1. The number of phosphoric ester groups is 1. The van der Waals surface area contributed by atoms with Crippen LogP contribution in [0.4, 0.5) is 11.4 Å². The number of benzene rings is 2. The van der Waals surface area contributed by atoms with Crippen molar-refractivity contribution in [3.8, 4) is 17.6 Å². The van der Waals surface area contributed by atoms with Crippen LogP contribution in [0.15, 0.2) is 73.6 Å². The molecule has 1 aliphatic rings. The number of rotatable bonds is 29. The van der Waals surface area contributed by atoms with Crippen LogP contribution in [0.1, 0.15) is 81.6 Å². The molecule has 2 amide bonds. The molecule has 0 spiro atoms. The number of carbonyl (C=O) groups is 2. The Hall–Kier alpha value is -3.98. The van der Waals surface area contributed by atoms with Crippen LogP contribution >= 0.6 is 66.6 Å². The quantitative estimate of drug-likeness (QED) is 0.00488. The van der Waals surface area contributed by atoms with Gasteiger partial charge in [-0.1, -0.05) is 87.0 Å². The Kier molecular flexibility index (Phi) is 25.1. The second kappa shape index (κ2) is 29.7. The Balaban J connectivity index is 1.23. The van der Waals surface area contributed by atoms with Crippen LogP contribution in [0.25, 0.3) is 10.4 Å². The SMILES string of the molecule is CC(C)(C)SSCOC1C[C@H](n2cc(C#CCOCSSC(C)(C)CNC(=O)c3ccc(/N=N/c4ccc(CCNC(=O)CCCN=[N+]=[N-])cc4O)cc3)c(=O)[nH]c2=O)O[C@@H]1COP(=O)(O)OP(=O)(O)OP(=O)(O)O. The third kappa shape index (κ3) is 24.5. The number of ether oxygens (including phenoxy) is 3. The Morgan fingerprint density at radius 3 is 2.37 bits per heavy atom. The molecule has 8 N–H and O–H groups in total. The molecule has 75 heavy (non-hydrogen) atoms.